The van der Waals surface area contributed by atoms with E-state index in [0.717, 1.165) is 35.4 Å². The van der Waals surface area contributed by atoms with Crippen LogP contribution in [-0.2, 0) is 6.61 Å². The van der Waals surface area contributed by atoms with Crippen molar-refractivity contribution >= 4 is 34.0 Å². The van der Waals surface area contributed by atoms with Crippen LogP contribution in [0.2, 0.25) is 5.02 Å². The Kier molecular flexibility index (Phi) is 8.13. The molecule has 0 saturated carbocycles. The second-order valence-corrected chi connectivity index (χ2v) is 8.60. The number of benzene rings is 2. The van der Waals surface area contributed by atoms with Crippen molar-refractivity contribution in [3.05, 3.63) is 90.5 Å². The molecule has 0 radical (unpaired) electrons. The lowest BCUT2D eigenvalue weighted by Crippen LogP contribution is -2.31. The number of rotatable bonds is 11. The standard InChI is InChI=1S/C27H28ClN5O2/c1-4-14-33(3)16-19(2)35-25-10-7-9-23-26(25)27(31-18-30-23)32-20-11-12-24(22(28)15-20)34-17-21-8-5-6-13-29-21/h4-13,15,18-19H,1,14,16-17H2,2-3H3,(H,30,31,32)/t19-/m0/s1. The van der Waals surface area contributed by atoms with E-state index in [1.807, 2.05) is 68.6 Å². The van der Waals surface area contributed by atoms with Gasteiger partial charge in [-0.1, -0.05) is 29.8 Å². The first-order chi connectivity index (χ1) is 17.0. The number of hydrogen-bond donors (Lipinski definition) is 1. The summed E-state index contributed by atoms with van der Waals surface area (Å²) in [6.45, 7) is 7.72. The molecule has 1 atom stereocenters. The monoisotopic (exact) mass is 489 g/mol. The highest BCUT2D eigenvalue weighted by atomic mass is 35.5. The molecule has 8 heteroatoms. The van der Waals surface area contributed by atoms with Crippen molar-refractivity contribution in [1.29, 1.82) is 0 Å². The summed E-state index contributed by atoms with van der Waals surface area (Å²) in [5.74, 6) is 1.93. The smallest absolute Gasteiger partial charge is 0.145 e. The summed E-state index contributed by atoms with van der Waals surface area (Å²) in [6, 6.07) is 17.0. The predicted octanol–water partition coefficient (Wildman–Crippen LogP) is 5.89. The van der Waals surface area contributed by atoms with E-state index >= 15 is 0 Å². The molecule has 0 amide bonds. The van der Waals surface area contributed by atoms with E-state index in [9.17, 15) is 0 Å². The molecule has 0 aliphatic carbocycles. The molecule has 180 valence electrons. The highest BCUT2D eigenvalue weighted by molar-refractivity contribution is 6.32. The van der Waals surface area contributed by atoms with Gasteiger partial charge in [0, 0.05) is 25.0 Å². The molecule has 1 N–H and O–H groups in total. The first-order valence-corrected chi connectivity index (χ1v) is 11.7. The summed E-state index contributed by atoms with van der Waals surface area (Å²) in [7, 11) is 2.04. The molecule has 0 spiro atoms. The van der Waals surface area contributed by atoms with Crippen molar-refractivity contribution in [3.63, 3.8) is 0 Å². The normalized spacial score (nSPS) is 11.9. The second kappa shape index (κ2) is 11.6. The lowest BCUT2D eigenvalue weighted by atomic mass is 10.2. The molecule has 0 saturated heterocycles. The van der Waals surface area contributed by atoms with Crippen LogP contribution in [0.25, 0.3) is 10.9 Å². The van der Waals surface area contributed by atoms with Crippen LogP contribution in [0, 0.1) is 0 Å². The summed E-state index contributed by atoms with van der Waals surface area (Å²) < 4.78 is 12.1. The summed E-state index contributed by atoms with van der Waals surface area (Å²) in [6.07, 6.45) is 5.10. The maximum atomic E-state index is 6.50. The van der Waals surface area contributed by atoms with Crippen LogP contribution in [-0.4, -0.2) is 46.1 Å². The highest BCUT2D eigenvalue weighted by Crippen LogP contribution is 2.34. The molecular weight excluding hydrogens is 462 g/mol. The molecule has 2 aromatic carbocycles. The minimum atomic E-state index is -0.0383. The van der Waals surface area contributed by atoms with Gasteiger partial charge in [0.25, 0.3) is 0 Å². The Morgan fingerprint density at radius 2 is 1.97 bits per heavy atom. The molecule has 0 aliphatic heterocycles. The maximum absolute atomic E-state index is 6.50. The number of anilines is 2. The van der Waals surface area contributed by atoms with Crippen molar-refractivity contribution in [2.24, 2.45) is 0 Å². The largest absolute Gasteiger partial charge is 0.489 e. The van der Waals surface area contributed by atoms with E-state index in [1.165, 1.54) is 6.33 Å². The molecule has 7 nitrogen and oxygen atoms in total. The molecular formula is C27H28ClN5O2. The average molecular weight is 490 g/mol. The minimum absolute atomic E-state index is 0.0383. The van der Waals surface area contributed by atoms with Gasteiger partial charge in [-0.15, -0.1) is 6.58 Å². The van der Waals surface area contributed by atoms with Gasteiger partial charge in [-0.3, -0.25) is 9.88 Å². The summed E-state index contributed by atoms with van der Waals surface area (Å²) >= 11 is 6.50. The molecule has 4 rings (SSSR count). The zero-order valence-electron chi connectivity index (χ0n) is 19.8. The number of pyridine rings is 1. The Labute approximate surface area is 210 Å². The first kappa shape index (κ1) is 24.4. The predicted molar refractivity (Wildman–Crippen MR) is 141 cm³/mol. The lowest BCUT2D eigenvalue weighted by Gasteiger charge is -2.22. The van der Waals surface area contributed by atoms with Gasteiger partial charge in [-0.25, -0.2) is 9.97 Å². The Balaban J connectivity index is 1.53. The average Bonchev–Trinajstić information content (AvgIpc) is 2.84. The van der Waals surface area contributed by atoms with Crippen LogP contribution in [0.4, 0.5) is 11.5 Å². The number of likely N-dealkylation sites (N-methyl/N-ethyl adjacent to an activating group) is 1. The molecule has 2 aromatic heterocycles. The zero-order valence-corrected chi connectivity index (χ0v) is 20.6. The minimum Gasteiger partial charge on any atom is -0.489 e. The van der Waals surface area contributed by atoms with Crippen molar-refractivity contribution in [2.45, 2.75) is 19.6 Å². The van der Waals surface area contributed by atoms with E-state index in [0.29, 0.717) is 28.9 Å². The van der Waals surface area contributed by atoms with Crippen molar-refractivity contribution < 1.29 is 9.47 Å². The number of halogens is 1. The van der Waals surface area contributed by atoms with Crippen LogP contribution >= 0.6 is 11.6 Å². The number of nitrogens with one attached hydrogen (secondary N) is 1. The maximum Gasteiger partial charge on any atom is 0.145 e. The molecule has 0 aliphatic rings. The van der Waals surface area contributed by atoms with E-state index < -0.39 is 0 Å². The van der Waals surface area contributed by atoms with E-state index in [4.69, 9.17) is 21.1 Å². The van der Waals surface area contributed by atoms with Crippen LogP contribution in [0.1, 0.15) is 12.6 Å². The first-order valence-electron chi connectivity index (χ1n) is 11.3. The van der Waals surface area contributed by atoms with Gasteiger partial charge < -0.3 is 14.8 Å². The van der Waals surface area contributed by atoms with Gasteiger partial charge in [-0.2, -0.15) is 0 Å². The van der Waals surface area contributed by atoms with Crippen LogP contribution in [0.5, 0.6) is 11.5 Å². The number of nitrogens with zero attached hydrogens (tertiary/aromatic N) is 4. The summed E-state index contributed by atoms with van der Waals surface area (Å²) in [5, 5.41) is 4.65. The van der Waals surface area contributed by atoms with Gasteiger partial charge in [0.1, 0.15) is 36.4 Å². The van der Waals surface area contributed by atoms with Gasteiger partial charge >= 0.3 is 0 Å². The van der Waals surface area contributed by atoms with Crippen molar-refractivity contribution in [2.75, 3.05) is 25.5 Å². The van der Waals surface area contributed by atoms with Crippen LogP contribution in [0.15, 0.2) is 79.8 Å². The fourth-order valence-electron chi connectivity index (χ4n) is 3.73. The van der Waals surface area contributed by atoms with E-state index in [2.05, 4.69) is 31.7 Å². The molecule has 2 heterocycles. The third kappa shape index (κ3) is 6.47. The number of fused-ring (bicyclic) bond motifs is 1. The lowest BCUT2D eigenvalue weighted by molar-refractivity contribution is 0.171. The van der Waals surface area contributed by atoms with Gasteiger partial charge in [-0.05, 0) is 56.4 Å². The SMILES string of the molecule is C=CCN(C)C[C@H](C)Oc1cccc2ncnc(Nc3ccc(OCc4ccccn4)c(Cl)c3)c12. The highest BCUT2D eigenvalue weighted by Gasteiger charge is 2.15. The second-order valence-electron chi connectivity index (χ2n) is 8.19. The fourth-order valence-corrected chi connectivity index (χ4v) is 3.96. The Morgan fingerprint density at radius 1 is 1.09 bits per heavy atom. The third-order valence-corrected chi connectivity index (χ3v) is 5.55. The van der Waals surface area contributed by atoms with Crippen molar-refractivity contribution in [3.8, 4) is 11.5 Å². The molecule has 4 aromatic rings. The molecule has 35 heavy (non-hydrogen) atoms. The van der Waals surface area contributed by atoms with Gasteiger partial charge in [0.2, 0.25) is 0 Å². The Bertz CT molecular complexity index is 1280. The topological polar surface area (TPSA) is 72.4 Å². The number of aromatic nitrogens is 3. The van der Waals surface area contributed by atoms with Gasteiger partial charge in [0.15, 0.2) is 0 Å². The van der Waals surface area contributed by atoms with Gasteiger partial charge in [0.05, 0.1) is 21.6 Å². The molecule has 0 bridgehead atoms. The summed E-state index contributed by atoms with van der Waals surface area (Å²) in [5.41, 5.74) is 2.39. The van der Waals surface area contributed by atoms with Crippen LogP contribution < -0.4 is 14.8 Å². The number of hydrogen-bond acceptors (Lipinski definition) is 7. The molecule has 0 fully saturated rings. The Hall–Kier alpha value is -3.68. The van der Waals surface area contributed by atoms with E-state index in [-0.39, 0.29) is 6.10 Å². The van der Waals surface area contributed by atoms with Crippen LogP contribution in [0.3, 0.4) is 0 Å². The summed E-state index contributed by atoms with van der Waals surface area (Å²) in [4.78, 5) is 15.3. The fraction of sp³-hybridized carbons (Fsp3) is 0.222. The third-order valence-electron chi connectivity index (χ3n) is 5.26. The Morgan fingerprint density at radius 3 is 2.74 bits per heavy atom. The van der Waals surface area contributed by atoms with E-state index in [1.54, 1.807) is 12.3 Å². The number of ether oxygens (including phenoxy) is 2. The van der Waals surface area contributed by atoms with Crippen molar-refractivity contribution in [1.82, 2.24) is 19.9 Å². The quantitative estimate of drug-likeness (QED) is 0.263. The molecule has 0 unspecified atom stereocenters. The zero-order chi connectivity index (χ0) is 24.6.